The SMILES string of the molecule is CCC(=O)c1ccc(SC(C)(C)C(=O)O)cc1. The van der Waals surface area contributed by atoms with Crippen molar-refractivity contribution in [3.8, 4) is 0 Å². The van der Waals surface area contributed by atoms with Gasteiger partial charge in [-0.2, -0.15) is 0 Å². The second-order valence-corrected chi connectivity index (χ2v) is 5.91. The number of thioether (sulfide) groups is 1. The van der Waals surface area contributed by atoms with Crippen LogP contribution >= 0.6 is 11.8 Å². The largest absolute Gasteiger partial charge is 0.480 e. The molecule has 0 aromatic heterocycles. The molecule has 1 aromatic rings. The number of Topliss-reactive ketones (excluding diaryl/α,β-unsaturated/α-hetero) is 1. The number of carbonyl (C=O) groups is 2. The van der Waals surface area contributed by atoms with E-state index in [1.807, 2.05) is 6.92 Å². The van der Waals surface area contributed by atoms with Crippen molar-refractivity contribution in [1.29, 1.82) is 0 Å². The number of aliphatic carboxylic acids is 1. The van der Waals surface area contributed by atoms with E-state index in [0.717, 1.165) is 4.90 Å². The van der Waals surface area contributed by atoms with E-state index in [9.17, 15) is 9.59 Å². The van der Waals surface area contributed by atoms with Gasteiger partial charge in [-0.25, -0.2) is 0 Å². The number of carboxylic acid groups (broad SMARTS) is 1. The first-order valence-corrected chi connectivity index (χ1v) is 6.24. The fourth-order valence-electron chi connectivity index (χ4n) is 1.25. The Hall–Kier alpha value is -1.29. The summed E-state index contributed by atoms with van der Waals surface area (Å²) in [7, 11) is 0. The third-order valence-corrected chi connectivity index (χ3v) is 3.58. The third-order valence-electron chi connectivity index (χ3n) is 2.39. The molecule has 0 spiro atoms. The zero-order valence-corrected chi connectivity index (χ0v) is 11.0. The van der Waals surface area contributed by atoms with Gasteiger partial charge in [-0.15, -0.1) is 11.8 Å². The van der Waals surface area contributed by atoms with Gasteiger partial charge in [0.1, 0.15) is 4.75 Å². The molecule has 92 valence electrons. The molecule has 1 rings (SSSR count). The summed E-state index contributed by atoms with van der Waals surface area (Å²) >= 11 is 1.27. The maximum absolute atomic E-state index is 11.4. The summed E-state index contributed by atoms with van der Waals surface area (Å²) in [5.41, 5.74) is 0.671. The van der Waals surface area contributed by atoms with Gasteiger partial charge < -0.3 is 5.11 Å². The van der Waals surface area contributed by atoms with Gasteiger partial charge >= 0.3 is 5.97 Å². The monoisotopic (exact) mass is 252 g/mol. The predicted molar refractivity (Wildman–Crippen MR) is 68.6 cm³/mol. The minimum absolute atomic E-state index is 0.0963. The highest BCUT2D eigenvalue weighted by Crippen LogP contribution is 2.32. The Morgan fingerprint density at radius 2 is 1.76 bits per heavy atom. The Balaban J connectivity index is 2.82. The summed E-state index contributed by atoms with van der Waals surface area (Å²) in [6, 6.07) is 7.06. The highest BCUT2D eigenvalue weighted by atomic mass is 32.2. The quantitative estimate of drug-likeness (QED) is 0.645. The second kappa shape index (κ2) is 5.36. The van der Waals surface area contributed by atoms with Crippen molar-refractivity contribution in [3.05, 3.63) is 29.8 Å². The van der Waals surface area contributed by atoms with Gasteiger partial charge in [0.25, 0.3) is 0 Å². The van der Waals surface area contributed by atoms with E-state index < -0.39 is 10.7 Å². The van der Waals surface area contributed by atoms with Crippen molar-refractivity contribution >= 4 is 23.5 Å². The molecule has 0 saturated carbocycles. The van der Waals surface area contributed by atoms with Gasteiger partial charge in [-0.3, -0.25) is 9.59 Å². The molecule has 17 heavy (non-hydrogen) atoms. The minimum atomic E-state index is -0.865. The van der Waals surface area contributed by atoms with Gasteiger partial charge in [0, 0.05) is 16.9 Å². The van der Waals surface area contributed by atoms with Crippen LogP contribution in [-0.2, 0) is 4.79 Å². The molecule has 3 nitrogen and oxygen atoms in total. The smallest absolute Gasteiger partial charge is 0.319 e. The van der Waals surface area contributed by atoms with E-state index in [4.69, 9.17) is 5.11 Å². The van der Waals surface area contributed by atoms with Crippen molar-refractivity contribution in [2.24, 2.45) is 0 Å². The number of hydrogen-bond donors (Lipinski definition) is 1. The average molecular weight is 252 g/mol. The Morgan fingerprint density at radius 3 is 2.18 bits per heavy atom. The zero-order chi connectivity index (χ0) is 13.1. The summed E-state index contributed by atoms with van der Waals surface area (Å²) in [5.74, 6) is -0.754. The van der Waals surface area contributed by atoms with E-state index in [0.29, 0.717) is 12.0 Å². The van der Waals surface area contributed by atoms with Crippen LogP contribution in [0.2, 0.25) is 0 Å². The number of ketones is 1. The van der Waals surface area contributed by atoms with Gasteiger partial charge in [0.15, 0.2) is 5.78 Å². The van der Waals surface area contributed by atoms with E-state index in [-0.39, 0.29) is 5.78 Å². The van der Waals surface area contributed by atoms with Crippen molar-refractivity contribution in [1.82, 2.24) is 0 Å². The molecule has 0 aliphatic heterocycles. The van der Waals surface area contributed by atoms with Crippen molar-refractivity contribution in [2.45, 2.75) is 36.8 Å². The van der Waals surface area contributed by atoms with Gasteiger partial charge in [0.05, 0.1) is 0 Å². The average Bonchev–Trinajstić information content (AvgIpc) is 2.28. The zero-order valence-electron chi connectivity index (χ0n) is 10.2. The Labute approximate surface area is 105 Å². The molecule has 0 heterocycles. The molecule has 1 aromatic carbocycles. The number of carbonyl (C=O) groups excluding carboxylic acids is 1. The molecule has 0 fully saturated rings. The van der Waals surface area contributed by atoms with Crippen LogP contribution in [0.3, 0.4) is 0 Å². The normalized spacial score (nSPS) is 11.2. The van der Waals surface area contributed by atoms with Crippen molar-refractivity contribution < 1.29 is 14.7 Å². The van der Waals surface area contributed by atoms with E-state index in [1.165, 1.54) is 11.8 Å². The van der Waals surface area contributed by atoms with E-state index in [2.05, 4.69) is 0 Å². The Bertz CT molecular complexity index is 421. The molecular weight excluding hydrogens is 236 g/mol. The van der Waals surface area contributed by atoms with Crippen LogP contribution in [0.5, 0.6) is 0 Å². The molecule has 0 aliphatic carbocycles. The number of carboxylic acids is 1. The first-order chi connectivity index (χ1) is 7.86. The van der Waals surface area contributed by atoms with Crippen molar-refractivity contribution in [2.75, 3.05) is 0 Å². The summed E-state index contributed by atoms with van der Waals surface area (Å²) in [5, 5.41) is 9.01. The standard InChI is InChI=1S/C13H16O3S/c1-4-11(14)9-5-7-10(8-6-9)17-13(2,3)12(15)16/h5-8H,4H2,1-3H3,(H,15,16). The lowest BCUT2D eigenvalue weighted by Crippen LogP contribution is -2.26. The molecule has 0 radical (unpaired) electrons. The lowest BCUT2D eigenvalue weighted by atomic mass is 10.1. The van der Waals surface area contributed by atoms with Gasteiger partial charge in [-0.05, 0) is 26.0 Å². The van der Waals surface area contributed by atoms with Crippen LogP contribution in [0.4, 0.5) is 0 Å². The minimum Gasteiger partial charge on any atom is -0.480 e. The maximum Gasteiger partial charge on any atom is 0.319 e. The molecule has 0 unspecified atom stereocenters. The van der Waals surface area contributed by atoms with Crippen LogP contribution in [0.15, 0.2) is 29.2 Å². The first kappa shape index (κ1) is 13.8. The molecule has 0 amide bonds. The summed E-state index contributed by atoms with van der Waals surface area (Å²) in [6.45, 7) is 5.13. The second-order valence-electron chi connectivity index (χ2n) is 4.22. The first-order valence-electron chi connectivity index (χ1n) is 5.42. The Morgan fingerprint density at radius 1 is 1.24 bits per heavy atom. The molecular formula is C13H16O3S. The fraction of sp³-hybridized carbons (Fsp3) is 0.385. The number of benzene rings is 1. The topological polar surface area (TPSA) is 54.4 Å². The molecule has 1 N–H and O–H groups in total. The predicted octanol–water partition coefficient (Wildman–Crippen LogP) is 3.23. The maximum atomic E-state index is 11.4. The van der Waals surface area contributed by atoms with Crippen molar-refractivity contribution in [3.63, 3.8) is 0 Å². The fourth-order valence-corrected chi connectivity index (χ4v) is 2.20. The molecule has 0 saturated heterocycles. The summed E-state index contributed by atoms with van der Waals surface area (Å²) < 4.78 is -0.865. The third kappa shape index (κ3) is 3.60. The summed E-state index contributed by atoms with van der Waals surface area (Å²) in [6.07, 6.45) is 0.479. The lowest BCUT2D eigenvalue weighted by molar-refractivity contribution is -0.138. The highest BCUT2D eigenvalue weighted by molar-refractivity contribution is 8.01. The van der Waals surface area contributed by atoms with Crippen LogP contribution in [0.1, 0.15) is 37.6 Å². The highest BCUT2D eigenvalue weighted by Gasteiger charge is 2.28. The van der Waals surface area contributed by atoms with Crippen LogP contribution in [-0.4, -0.2) is 21.6 Å². The number of rotatable bonds is 5. The van der Waals surface area contributed by atoms with E-state index >= 15 is 0 Å². The molecule has 4 heteroatoms. The summed E-state index contributed by atoms with van der Waals surface area (Å²) in [4.78, 5) is 23.2. The molecule has 0 atom stereocenters. The lowest BCUT2D eigenvalue weighted by Gasteiger charge is -2.18. The molecule has 0 aliphatic rings. The number of hydrogen-bond acceptors (Lipinski definition) is 3. The van der Waals surface area contributed by atoms with Gasteiger partial charge in [-0.1, -0.05) is 19.1 Å². The van der Waals surface area contributed by atoms with Gasteiger partial charge in [0.2, 0.25) is 0 Å². The van der Waals surface area contributed by atoms with Crippen LogP contribution in [0, 0.1) is 0 Å². The van der Waals surface area contributed by atoms with E-state index in [1.54, 1.807) is 38.1 Å². The van der Waals surface area contributed by atoms with Crippen LogP contribution in [0.25, 0.3) is 0 Å². The Kier molecular flexibility index (Phi) is 4.34. The molecule has 0 bridgehead atoms. The van der Waals surface area contributed by atoms with Crippen LogP contribution < -0.4 is 0 Å².